The van der Waals surface area contributed by atoms with Crippen LogP contribution in [0.15, 0.2) is 12.3 Å². The van der Waals surface area contributed by atoms with E-state index in [2.05, 4.69) is 32.7 Å². The van der Waals surface area contributed by atoms with Crippen molar-refractivity contribution in [3.63, 3.8) is 0 Å². The van der Waals surface area contributed by atoms with Crippen LogP contribution in [-0.4, -0.2) is 20.9 Å². The van der Waals surface area contributed by atoms with Crippen LogP contribution in [-0.2, 0) is 7.05 Å². The second kappa shape index (κ2) is 3.96. The predicted octanol–water partition coefficient (Wildman–Crippen LogP) is 2.36. The number of fused-ring (bicyclic) bond motifs is 1. The minimum absolute atomic E-state index is 0.124. The highest BCUT2D eigenvalue weighted by atomic mass is 127. The monoisotopic (exact) mass is 317 g/mol. The Labute approximate surface area is 102 Å². The molecule has 0 radical (unpaired) electrons. The van der Waals surface area contributed by atoms with Crippen molar-refractivity contribution in [1.29, 1.82) is 0 Å². The molecule has 0 atom stereocenters. The molecular formula is C10H12IN3O. The van der Waals surface area contributed by atoms with Gasteiger partial charge in [0, 0.05) is 13.2 Å². The molecule has 0 amide bonds. The van der Waals surface area contributed by atoms with E-state index in [4.69, 9.17) is 4.74 Å². The average molecular weight is 317 g/mol. The molecule has 5 heteroatoms. The fraction of sp³-hybridized carbons (Fsp3) is 0.400. The molecule has 2 heterocycles. The van der Waals surface area contributed by atoms with Crippen LogP contribution < -0.4 is 4.74 Å². The summed E-state index contributed by atoms with van der Waals surface area (Å²) in [6, 6.07) is 1.94. The van der Waals surface area contributed by atoms with E-state index in [0.29, 0.717) is 5.88 Å². The fourth-order valence-electron chi connectivity index (χ4n) is 1.44. The summed E-state index contributed by atoms with van der Waals surface area (Å²) in [6.45, 7) is 3.98. The molecule has 0 aliphatic heterocycles. The summed E-state index contributed by atoms with van der Waals surface area (Å²) in [6.07, 6.45) is 1.87. The SMILES string of the molecule is CC(C)Oc1nccc2c1c(I)nn2C. The van der Waals surface area contributed by atoms with Gasteiger partial charge in [0.25, 0.3) is 0 Å². The predicted molar refractivity (Wildman–Crippen MR) is 67.0 cm³/mol. The molecular weight excluding hydrogens is 305 g/mol. The Morgan fingerprint density at radius 1 is 1.47 bits per heavy atom. The fourth-order valence-corrected chi connectivity index (χ4v) is 2.28. The standard InChI is InChI=1S/C10H12IN3O/c1-6(2)15-10-8-7(4-5-12-10)14(3)13-9(8)11/h4-6H,1-3H3. The summed E-state index contributed by atoms with van der Waals surface area (Å²) in [5, 5.41) is 5.34. The molecule has 0 bridgehead atoms. The normalized spacial score (nSPS) is 11.3. The maximum Gasteiger partial charge on any atom is 0.225 e. The molecule has 15 heavy (non-hydrogen) atoms. The largest absolute Gasteiger partial charge is 0.474 e. The van der Waals surface area contributed by atoms with Crippen molar-refractivity contribution >= 4 is 33.5 Å². The van der Waals surface area contributed by atoms with E-state index in [1.54, 1.807) is 6.20 Å². The molecule has 2 aromatic rings. The van der Waals surface area contributed by atoms with Crippen LogP contribution in [0.5, 0.6) is 5.88 Å². The highest BCUT2D eigenvalue weighted by Crippen LogP contribution is 2.27. The van der Waals surface area contributed by atoms with Gasteiger partial charge in [0.2, 0.25) is 5.88 Å². The van der Waals surface area contributed by atoms with E-state index in [1.165, 1.54) is 0 Å². The third kappa shape index (κ3) is 1.92. The molecule has 0 spiro atoms. The van der Waals surface area contributed by atoms with E-state index in [1.807, 2.05) is 31.6 Å². The van der Waals surface area contributed by atoms with Crippen molar-refractivity contribution in [2.45, 2.75) is 20.0 Å². The lowest BCUT2D eigenvalue weighted by Crippen LogP contribution is -2.07. The Balaban J connectivity index is 2.64. The first kappa shape index (κ1) is 10.7. The maximum absolute atomic E-state index is 5.65. The van der Waals surface area contributed by atoms with Crippen LogP contribution in [0.25, 0.3) is 10.9 Å². The van der Waals surface area contributed by atoms with Gasteiger partial charge in [-0.15, -0.1) is 0 Å². The summed E-state index contributed by atoms with van der Waals surface area (Å²) < 4.78 is 8.42. The van der Waals surface area contributed by atoms with Gasteiger partial charge in [0.05, 0.1) is 17.0 Å². The topological polar surface area (TPSA) is 39.9 Å². The molecule has 2 aromatic heterocycles. The molecule has 2 rings (SSSR count). The van der Waals surface area contributed by atoms with E-state index in [-0.39, 0.29) is 6.10 Å². The van der Waals surface area contributed by atoms with Gasteiger partial charge in [-0.25, -0.2) is 4.98 Å². The lowest BCUT2D eigenvalue weighted by molar-refractivity contribution is 0.236. The molecule has 80 valence electrons. The molecule has 0 aliphatic rings. The first-order chi connectivity index (χ1) is 7.09. The van der Waals surface area contributed by atoms with Crippen molar-refractivity contribution in [1.82, 2.24) is 14.8 Å². The molecule has 0 fully saturated rings. The molecule has 0 unspecified atom stereocenters. The van der Waals surface area contributed by atoms with E-state index in [0.717, 1.165) is 14.6 Å². The number of hydrogen-bond acceptors (Lipinski definition) is 3. The van der Waals surface area contributed by atoms with E-state index < -0.39 is 0 Å². The molecule has 4 nitrogen and oxygen atoms in total. The van der Waals surface area contributed by atoms with Crippen molar-refractivity contribution < 1.29 is 4.74 Å². The van der Waals surface area contributed by atoms with Gasteiger partial charge in [0.15, 0.2) is 0 Å². The van der Waals surface area contributed by atoms with Crippen LogP contribution in [0, 0.1) is 3.70 Å². The highest BCUT2D eigenvalue weighted by molar-refractivity contribution is 14.1. The average Bonchev–Trinajstić information content (AvgIpc) is 2.43. The Morgan fingerprint density at radius 2 is 2.20 bits per heavy atom. The van der Waals surface area contributed by atoms with Gasteiger partial charge >= 0.3 is 0 Å². The molecule has 0 aliphatic carbocycles. The number of aryl methyl sites for hydroxylation is 1. The van der Waals surface area contributed by atoms with Crippen molar-refractivity contribution in [3.8, 4) is 5.88 Å². The number of halogens is 1. The van der Waals surface area contributed by atoms with Crippen molar-refractivity contribution in [3.05, 3.63) is 16.0 Å². The van der Waals surface area contributed by atoms with Gasteiger partial charge in [-0.1, -0.05) is 0 Å². The summed E-state index contributed by atoms with van der Waals surface area (Å²) in [4.78, 5) is 4.24. The third-order valence-corrected chi connectivity index (χ3v) is 2.79. The number of aromatic nitrogens is 3. The lowest BCUT2D eigenvalue weighted by atomic mass is 10.3. The minimum atomic E-state index is 0.124. The van der Waals surface area contributed by atoms with Crippen LogP contribution in [0.2, 0.25) is 0 Å². The molecule has 0 N–H and O–H groups in total. The number of pyridine rings is 1. The first-order valence-electron chi connectivity index (χ1n) is 4.73. The Morgan fingerprint density at radius 3 is 2.87 bits per heavy atom. The van der Waals surface area contributed by atoms with E-state index >= 15 is 0 Å². The van der Waals surface area contributed by atoms with Gasteiger partial charge < -0.3 is 4.74 Å². The first-order valence-corrected chi connectivity index (χ1v) is 5.81. The Hall–Kier alpha value is -0.850. The van der Waals surface area contributed by atoms with Crippen LogP contribution in [0.4, 0.5) is 0 Å². The molecule has 0 aromatic carbocycles. The highest BCUT2D eigenvalue weighted by Gasteiger charge is 2.13. The number of ether oxygens (including phenoxy) is 1. The number of nitrogens with zero attached hydrogens (tertiary/aromatic N) is 3. The lowest BCUT2D eigenvalue weighted by Gasteiger charge is -2.09. The second-order valence-corrected chi connectivity index (χ2v) is 4.61. The summed E-state index contributed by atoms with van der Waals surface area (Å²) in [5.74, 6) is 0.667. The van der Waals surface area contributed by atoms with Gasteiger partial charge in [0.1, 0.15) is 3.70 Å². The van der Waals surface area contributed by atoms with Crippen LogP contribution in [0.3, 0.4) is 0 Å². The summed E-state index contributed by atoms with van der Waals surface area (Å²) in [7, 11) is 1.92. The second-order valence-electron chi connectivity index (χ2n) is 3.59. The quantitative estimate of drug-likeness (QED) is 0.799. The van der Waals surface area contributed by atoms with Crippen LogP contribution >= 0.6 is 22.6 Å². The zero-order chi connectivity index (χ0) is 11.0. The molecule has 0 saturated carbocycles. The van der Waals surface area contributed by atoms with Gasteiger partial charge in [-0.2, -0.15) is 5.10 Å². The smallest absolute Gasteiger partial charge is 0.225 e. The van der Waals surface area contributed by atoms with Crippen LogP contribution in [0.1, 0.15) is 13.8 Å². The van der Waals surface area contributed by atoms with Crippen molar-refractivity contribution in [2.75, 3.05) is 0 Å². The minimum Gasteiger partial charge on any atom is -0.474 e. The zero-order valence-corrected chi connectivity index (χ0v) is 11.0. The molecule has 0 saturated heterocycles. The summed E-state index contributed by atoms with van der Waals surface area (Å²) in [5.41, 5.74) is 1.05. The summed E-state index contributed by atoms with van der Waals surface area (Å²) >= 11 is 2.20. The van der Waals surface area contributed by atoms with Gasteiger partial charge in [-0.05, 0) is 42.5 Å². The van der Waals surface area contributed by atoms with Gasteiger partial charge in [-0.3, -0.25) is 4.68 Å². The zero-order valence-electron chi connectivity index (χ0n) is 8.86. The van der Waals surface area contributed by atoms with E-state index in [9.17, 15) is 0 Å². The maximum atomic E-state index is 5.65. The Bertz CT molecular complexity index is 493. The van der Waals surface area contributed by atoms with Crippen molar-refractivity contribution in [2.24, 2.45) is 7.05 Å². The third-order valence-electron chi connectivity index (χ3n) is 2.03. The number of hydrogen-bond donors (Lipinski definition) is 0. The Kier molecular flexibility index (Phi) is 2.81. The number of rotatable bonds is 2.